The second-order valence-corrected chi connectivity index (χ2v) is 7.37. The predicted molar refractivity (Wildman–Crippen MR) is 87.6 cm³/mol. The van der Waals surface area contributed by atoms with E-state index >= 15 is 0 Å². The van der Waals surface area contributed by atoms with Gasteiger partial charge in [0.25, 0.3) is 0 Å². The van der Waals surface area contributed by atoms with Gasteiger partial charge < -0.3 is 5.32 Å². The molecule has 1 aliphatic rings. The first-order chi connectivity index (χ1) is 9.69. The molecule has 1 heterocycles. The van der Waals surface area contributed by atoms with Crippen LogP contribution < -0.4 is 5.32 Å². The zero-order valence-corrected chi connectivity index (χ0v) is 13.4. The topological polar surface area (TPSA) is 12.0 Å². The largest absolute Gasteiger partial charge is 0.313 e. The van der Waals surface area contributed by atoms with Crippen LogP contribution in [0.25, 0.3) is 0 Å². The summed E-state index contributed by atoms with van der Waals surface area (Å²) in [5, 5.41) is 3.58. The summed E-state index contributed by atoms with van der Waals surface area (Å²) in [4.78, 5) is 2.90. The summed E-state index contributed by atoms with van der Waals surface area (Å²) >= 11 is 1.92. The Balaban J connectivity index is 1.87. The number of hydrogen-bond acceptors (Lipinski definition) is 2. The lowest BCUT2D eigenvalue weighted by atomic mass is 9.78. The molecule has 1 aromatic carbocycles. The highest BCUT2D eigenvalue weighted by atomic mass is 32.1. The fourth-order valence-corrected chi connectivity index (χ4v) is 4.59. The Bertz CT molecular complexity index is 599. The number of benzene rings is 1. The van der Waals surface area contributed by atoms with Crippen LogP contribution in [-0.2, 0) is 12.8 Å². The average Bonchev–Trinajstić information content (AvgIpc) is 2.78. The van der Waals surface area contributed by atoms with Crippen molar-refractivity contribution in [3.8, 4) is 0 Å². The monoisotopic (exact) mass is 285 g/mol. The van der Waals surface area contributed by atoms with Crippen molar-refractivity contribution in [3.05, 3.63) is 56.8 Å². The van der Waals surface area contributed by atoms with Crippen LogP contribution in [0.15, 0.2) is 30.3 Å². The van der Waals surface area contributed by atoms with Crippen molar-refractivity contribution in [2.45, 2.75) is 39.2 Å². The van der Waals surface area contributed by atoms with Gasteiger partial charge in [0, 0.05) is 15.8 Å². The van der Waals surface area contributed by atoms with Crippen molar-refractivity contribution in [3.63, 3.8) is 0 Å². The van der Waals surface area contributed by atoms with Crippen LogP contribution in [0.1, 0.15) is 38.9 Å². The lowest BCUT2D eigenvalue weighted by molar-refractivity contribution is 0.342. The summed E-state index contributed by atoms with van der Waals surface area (Å²) in [6.45, 7) is 4.47. The van der Waals surface area contributed by atoms with Gasteiger partial charge in [-0.15, -0.1) is 11.3 Å². The molecule has 3 rings (SSSR count). The average molecular weight is 285 g/mol. The molecule has 0 bridgehead atoms. The molecule has 20 heavy (non-hydrogen) atoms. The van der Waals surface area contributed by atoms with E-state index in [-0.39, 0.29) is 0 Å². The van der Waals surface area contributed by atoms with E-state index in [1.54, 1.807) is 11.1 Å². The highest BCUT2D eigenvalue weighted by Crippen LogP contribution is 2.37. The molecule has 1 N–H and O–H groups in total. The maximum Gasteiger partial charge on any atom is 0.0360 e. The Morgan fingerprint density at radius 2 is 1.95 bits per heavy atom. The van der Waals surface area contributed by atoms with Crippen LogP contribution >= 0.6 is 11.3 Å². The molecular formula is C18H23NS. The van der Waals surface area contributed by atoms with Gasteiger partial charge in [0.05, 0.1) is 0 Å². The van der Waals surface area contributed by atoms with Crippen molar-refractivity contribution >= 4 is 11.3 Å². The second-order valence-electron chi connectivity index (χ2n) is 5.91. The third kappa shape index (κ3) is 2.55. The molecule has 2 heteroatoms. The molecule has 106 valence electrons. The first kappa shape index (κ1) is 13.8. The smallest absolute Gasteiger partial charge is 0.0360 e. The molecule has 1 aromatic heterocycles. The van der Waals surface area contributed by atoms with Crippen molar-refractivity contribution in [1.82, 2.24) is 5.32 Å². The standard InChI is InChI=1S/C18H23NS/c1-12-10-17(13(2)20-12)18(19-3)16-9-8-14-6-4-5-7-15(14)11-16/h4-7,10,16,18-19H,8-9,11H2,1-3H3. The zero-order valence-electron chi connectivity index (χ0n) is 12.6. The molecule has 0 saturated heterocycles. The number of rotatable bonds is 3. The lowest BCUT2D eigenvalue weighted by Gasteiger charge is -2.31. The quantitative estimate of drug-likeness (QED) is 0.879. The summed E-state index contributed by atoms with van der Waals surface area (Å²) < 4.78 is 0. The van der Waals surface area contributed by atoms with Crippen LogP contribution in [0.2, 0.25) is 0 Å². The van der Waals surface area contributed by atoms with Crippen LogP contribution in [0, 0.1) is 19.8 Å². The maximum atomic E-state index is 3.58. The third-order valence-electron chi connectivity index (χ3n) is 4.58. The third-order valence-corrected chi connectivity index (χ3v) is 5.56. The normalized spacial score (nSPS) is 19.6. The number of aryl methyl sites for hydroxylation is 3. The van der Waals surface area contributed by atoms with E-state index < -0.39 is 0 Å². The van der Waals surface area contributed by atoms with Gasteiger partial charge in [-0.2, -0.15) is 0 Å². The maximum absolute atomic E-state index is 3.58. The van der Waals surface area contributed by atoms with E-state index in [9.17, 15) is 0 Å². The van der Waals surface area contributed by atoms with Crippen LogP contribution in [0.5, 0.6) is 0 Å². The van der Waals surface area contributed by atoms with Gasteiger partial charge in [-0.05, 0) is 68.8 Å². The first-order valence-electron chi connectivity index (χ1n) is 7.50. The van der Waals surface area contributed by atoms with Gasteiger partial charge >= 0.3 is 0 Å². The van der Waals surface area contributed by atoms with Crippen LogP contribution in [-0.4, -0.2) is 7.05 Å². The molecule has 0 aliphatic heterocycles. The molecule has 0 spiro atoms. The summed E-state index contributed by atoms with van der Waals surface area (Å²) in [5.41, 5.74) is 4.62. The first-order valence-corrected chi connectivity index (χ1v) is 8.31. The van der Waals surface area contributed by atoms with E-state index in [1.165, 1.54) is 34.6 Å². The van der Waals surface area contributed by atoms with Crippen LogP contribution in [0.4, 0.5) is 0 Å². The SMILES string of the molecule is CNC(c1cc(C)sc1C)C1CCc2ccccc2C1. The molecule has 2 aromatic rings. The minimum Gasteiger partial charge on any atom is -0.313 e. The van der Waals surface area contributed by atoms with Crippen molar-refractivity contribution in [2.75, 3.05) is 7.05 Å². The van der Waals surface area contributed by atoms with Gasteiger partial charge in [-0.3, -0.25) is 0 Å². The minimum atomic E-state index is 0.494. The molecule has 0 amide bonds. The number of nitrogens with one attached hydrogen (secondary N) is 1. The van der Waals surface area contributed by atoms with Crippen molar-refractivity contribution in [2.24, 2.45) is 5.92 Å². The van der Waals surface area contributed by atoms with E-state index in [2.05, 4.69) is 56.5 Å². The van der Waals surface area contributed by atoms with E-state index in [4.69, 9.17) is 0 Å². The highest BCUT2D eigenvalue weighted by Gasteiger charge is 2.27. The number of fused-ring (bicyclic) bond motifs is 1. The summed E-state index contributed by atoms with van der Waals surface area (Å²) in [7, 11) is 2.11. The van der Waals surface area contributed by atoms with E-state index in [0.29, 0.717) is 12.0 Å². The fourth-order valence-electron chi connectivity index (χ4n) is 3.61. The molecule has 1 aliphatic carbocycles. The van der Waals surface area contributed by atoms with E-state index in [1.807, 2.05) is 11.3 Å². The molecule has 2 atom stereocenters. The van der Waals surface area contributed by atoms with Gasteiger partial charge in [-0.1, -0.05) is 24.3 Å². The fraction of sp³-hybridized carbons (Fsp3) is 0.444. The Kier molecular flexibility index (Phi) is 3.95. The summed E-state index contributed by atoms with van der Waals surface area (Å²) in [5.74, 6) is 0.711. The van der Waals surface area contributed by atoms with Gasteiger partial charge in [0.15, 0.2) is 0 Å². The van der Waals surface area contributed by atoms with E-state index in [0.717, 1.165) is 0 Å². The Morgan fingerprint density at radius 3 is 2.60 bits per heavy atom. The van der Waals surface area contributed by atoms with Crippen molar-refractivity contribution in [1.29, 1.82) is 0 Å². The molecule has 0 fully saturated rings. The molecular weight excluding hydrogens is 262 g/mol. The zero-order chi connectivity index (χ0) is 14.1. The van der Waals surface area contributed by atoms with Gasteiger partial charge in [0.1, 0.15) is 0 Å². The lowest BCUT2D eigenvalue weighted by Crippen LogP contribution is -2.29. The number of thiophene rings is 1. The minimum absolute atomic E-state index is 0.494. The predicted octanol–water partition coefficient (Wildman–Crippen LogP) is 4.43. The summed E-state index contributed by atoms with van der Waals surface area (Å²) in [6, 6.07) is 11.8. The number of hydrogen-bond donors (Lipinski definition) is 1. The van der Waals surface area contributed by atoms with Gasteiger partial charge in [0.2, 0.25) is 0 Å². The molecule has 0 saturated carbocycles. The second kappa shape index (κ2) is 5.71. The Morgan fingerprint density at radius 1 is 1.20 bits per heavy atom. The molecule has 0 radical (unpaired) electrons. The van der Waals surface area contributed by atoms with Crippen LogP contribution in [0.3, 0.4) is 0 Å². The molecule has 1 nitrogen and oxygen atoms in total. The molecule has 2 unspecified atom stereocenters. The van der Waals surface area contributed by atoms with Gasteiger partial charge in [-0.25, -0.2) is 0 Å². The van der Waals surface area contributed by atoms with Crippen molar-refractivity contribution < 1.29 is 0 Å². The Hall–Kier alpha value is -1.12. The highest BCUT2D eigenvalue weighted by molar-refractivity contribution is 7.12. The Labute approximate surface area is 126 Å². The summed E-state index contributed by atoms with van der Waals surface area (Å²) in [6.07, 6.45) is 3.72.